The van der Waals surface area contributed by atoms with Gasteiger partial charge in [0.15, 0.2) is 0 Å². The molecule has 28 heavy (non-hydrogen) atoms. The van der Waals surface area contributed by atoms with E-state index >= 15 is 0 Å². The van der Waals surface area contributed by atoms with E-state index in [9.17, 15) is 24.5 Å². The van der Waals surface area contributed by atoms with Crippen LogP contribution in [-0.4, -0.2) is 39.1 Å². The molecule has 3 amide bonds. The van der Waals surface area contributed by atoms with Crippen LogP contribution in [0.5, 0.6) is 0 Å². The van der Waals surface area contributed by atoms with E-state index in [1.807, 2.05) is 13.8 Å². The van der Waals surface area contributed by atoms with Gasteiger partial charge in [0.05, 0.1) is 4.92 Å². The van der Waals surface area contributed by atoms with Crippen LogP contribution in [0, 0.1) is 22.0 Å². The molecule has 11 nitrogen and oxygen atoms in total. The van der Waals surface area contributed by atoms with Gasteiger partial charge in [-0.3, -0.25) is 34.9 Å². The summed E-state index contributed by atoms with van der Waals surface area (Å²) in [4.78, 5) is 46.1. The van der Waals surface area contributed by atoms with Crippen LogP contribution in [0.15, 0.2) is 24.3 Å². The van der Waals surface area contributed by atoms with Gasteiger partial charge in [-0.25, -0.2) is 11.0 Å². The van der Waals surface area contributed by atoms with E-state index in [0.29, 0.717) is 12.0 Å². The molecular formula is C17H24N4O7. The van der Waals surface area contributed by atoms with Crippen molar-refractivity contribution in [1.82, 2.24) is 16.3 Å². The normalized spacial score (nSPS) is 12.8. The fourth-order valence-corrected chi connectivity index (χ4v) is 2.69. The maximum atomic E-state index is 12.6. The van der Waals surface area contributed by atoms with E-state index in [1.165, 1.54) is 35.2 Å². The number of hydrogen-bond acceptors (Lipinski definition) is 7. The van der Waals surface area contributed by atoms with Gasteiger partial charge in [0.1, 0.15) is 6.04 Å². The molecule has 1 rings (SSSR count). The van der Waals surface area contributed by atoms with Crippen LogP contribution in [0.4, 0.5) is 5.69 Å². The molecule has 0 aliphatic rings. The van der Waals surface area contributed by atoms with Crippen LogP contribution in [0.1, 0.15) is 32.3 Å². The predicted molar refractivity (Wildman–Crippen MR) is 96.2 cm³/mol. The van der Waals surface area contributed by atoms with Gasteiger partial charge in [0.2, 0.25) is 11.8 Å². The summed E-state index contributed by atoms with van der Waals surface area (Å²) in [7, 11) is 0. The van der Waals surface area contributed by atoms with E-state index in [0.717, 1.165) is 0 Å². The van der Waals surface area contributed by atoms with E-state index in [-0.39, 0.29) is 24.4 Å². The molecule has 0 spiro atoms. The number of nitrogens with zero attached hydrogens (tertiary/aromatic N) is 1. The minimum Gasteiger partial charge on any atom is -0.344 e. The Bertz CT molecular complexity index is 706. The van der Waals surface area contributed by atoms with E-state index in [1.54, 1.807) is 0 Å². The maximum absolute atomic E-state index is 12.6. The molecule has 2 atom stereocenters. The topological polar surface area (TPSA) is 171 Å². The SMILES string of the molecule is CC(C)C[C@H](CC(=O)NO)C(=O)N[C@@H](Cc1ccc([N+](=O)[O-])cc1)C(=O)NO. The standard InChI is InChI=1S/C17H24N4O7/c1-10(2)7-12(9-15(22)19-25)16(23)18-14(17(24)20-26)8-11-3-5-13(6-4-11)21(27)28/h3-6,10,12,14,25-26H,7-9H2,1-2H3,(H,18,23)(H,19,22)(H,20,24)/t12-,14+/m1/s1. The smallest absolute Gasteiger partial charge is 0.269 e. The highest BCUT2D eigenvalue weighted by molar-refractivity contribution is 5.90. The second-order valence-electron chi connectivity index (χ2n) is 6.73. The number of non-ortho nitro benzene ring substituents is 1. The molecule has 11 heteroatoms. The highest BCUT2D eigenvalue weighted by Gasteiger charge is 2.28. The Morgan fingerprint density at radius 3 is 2.14 bits per heavy atom. The van der Waals surface area contributed by atoms with Crippen LogP contribution in [0.2, 0.25) is 0 Å². The highest BCUT2D eigenvalue weighted by atomic mass is 16.6. The molecule has 0 heterocycles. The molecule has 5 N–H and O–H groups in total. The number of benzene rings is 1. The molecule has 0 bridgehead atoms. The molecule has 1 aromatic rings. The average Bonchev–Trinajstić information content (AvgIpc) is 2.66. The zero-order valence-electron chi connectivity index (χ0n) is 15.5. The molecule has 0 unspecified atom stereocenters. The Labute approximate surface area is 161 Å². The number of hydroxylamine groups is 2. The van der Waals surface area contributed by atoms with Crippen molar-refractivity contribution in [1.29, 1.82) is 0 Å². The van der Waals surface area contributed by atoms with Crippen molar-refractivity contribution in [2.75, 3.05) is 0 Å². The lowest BCUT2D eigenvalue weighted by molar-refractivity contribution is -0.384. The van der Waals surface area contributed by atoms with Crippen molar-refractivity contribution in [2.45, 2.75) is 39.2 Å². The summed E-state index contributed by atoms with van der Waals surface area (Å²) in [5.41, 5.74) is 3.34. The highest BCUT2D eigenvalue weighted by Crippen LogP contribution is 2.17. The van der Waals surface area contributed by atoms with Crippen LogP contribution in [0.25, 0.3) is 0 Å². The van der Waals surface area contributed by atoms with Crippen LogP contribution < -0.4 is 16.3 Å². The Hall–Kier alpha value is -3.05. The summed E-state index contributed by atoms with van der Waals surface area (Å²) in [6, 6.07) is 4.24. The van der Waals surface area contributed by atoms with Crippen LogP contribution in [-0.2, 0) is 20.8 Å². The Morgan fingerprint density at radius 1 is 1.07 bits per heavy atom. The van der Waals surface area contributed by atoms with Crippen molar-refractivity contribution in [2.24, 2.45) is 11.8 Å². The number of amides is 3. The van der Waals surface area contributed by atoms with Crippen LogP contribution >= 0.6 is 0 Å². The zero-order chi connectivity index (χ0) is 21.3. The lowest BCUT2D eigenvalue weighted by Crippen LogP contribution is -2.49. The molecule has 0 saturated carbocycles. The van der Waals surface area contributed by atoms with Crippen molar-refractivity contribution < 1.29 is 29.7 Å². The number of nitro benzene ring substituents is 1. The lowest BCUT2D eigenvalue weighted by atomic mass is 9.92. The van der Waals surface area contributed by atoms with Crippen molar-refractivity contribution in [3.8, 4) is 0 Å². The van der Waals surface area contributed by atoms with Crippen molar-refractivity contribution in [3.63, 3.8) is 0 Å². The summed E-state index contributed by atoms with van der Waals surface area (Å²) >= 11 is 0. The lowest BCUT2D eigenvalue weighted by Gasteiger charge is -2.22. The van der Waals surface area contributed by atoms with E-state index < -0.39 is 34.6 Å². The molecule has 0 aliphatic carbocycles. The van der Waals surface area contributed by atoms with Gasteiger partial charge in [-0.05, 0) is 17.9 Å². The molecule has 0 radical (unpaired) electrons. The molecule has 0 aromatic heterocycles. The summed E-state index contributed by atoms with van der Waals surface area (Å²) in [6.07, 6.45) is 0.0342. The monoisotopic (exact) mass is 396 g/mol. The maximum Gasteiger partial charge on any atom is 0.269 e. The molecule has 0 aliphatic heterocycles. The first-order valence-electron chi connectivity index (χ1n) is 8.58. The van der Waals surface area contributed by atoms with Gasteiger partial charge in [-0.15, -0.1) is 0 Å². The fraction of sp³-hybridized carbons (Fsp3) is 0.471. The van der Waals surface area contributed by atoms with E-state index in [2.05, 4.69) is 5.32 Å². The summed E-state index contributed by atoms with van der Waals surface area (Å²) in [5.74, 6) is -2.92. The van der Waals surface area contributed by atoms with Gasteiger partial charge < -0.3 is 5.32 Å². The second kappa shape index (κ2) is 10.9. The molecule has 1 aromatic carbocycles. The third-order valence-electron chi connectivity index (χ3n) is 4.01. The van der Waals surface area contributed by atoms with Crippen molar-refractivity contribution in [3.05, 3.63) is 39.9 Å². The zero-order valence-corrected chi connectivity index (χ0v) is 15.5. The Kier molecular flexibility index (Phi) is 8.99. The third kappa shape index (κ3) is 7.29. The number of nitrogens with one attached hydrogen (secondary N) is 3. The van der Waals surface area contributed by atoms with Gasteiger partial charge in [0.25, 0.3) is 11.6 Å². The number of hydrogen-bond donors (Lipinski definition) is 5. The quantitative estimate of drug-likeness (QED) is 0.220. The minimum absolute atomic E-state index is 0.0310. The van der Waals surface area contributed by atoms with E-state index in [4.69, 9.17) is 10.4 Å². The first kappa shape index (κ1) is 23.0. The molecular weight excluding hydrogens is 372 g/mol. The third-order valence-corrected chi connectivity index (χ3v) is 4.01. The first-order valence-corrected chi connectivity index (χ1v) is 8.58. The summed E-state index contributed by atoms with van der Waals surface area (Å²) < 4.78 is 0. The largest absolute Gasteiger partial charge is 0.344 e. The number of nitro groups is 1. The number of carbonyl (C=O) groups is 3. The summed E-state index contributed by atoms with van der Waals surface area (Å²) in [6.45, 7) is 3.71. The van der Waals surface area contributed by atoms with Gasteiger partial charge in [0, 0.05) is 30.9 Å². The summed E-state index contributed by atoms with van der Waals surface area (Å²) in [5, 5.41) is 30.8. The number of rotatable bonds is 10. The second-order valence-corrected chi connectivity index (χ2v) is 6.73. The fourth-order valence-electron chi connectivity index (χ4n) is 2.69. The Balaban J connectivity index is 2.93. The minimum atomic E-state index is -1.16. The average molecular weight is 396 g/mol. The molecule has 0 fully saturated rings. The van der Waals surface area contributed by atoms with Crippen LogP contribution in [0.3, 0.4) is 0 Å². The van der Waals surface area contributed by atoms with Gasteiger partial charge in [-0.2, -0.15) is 0 Å². The molecule has 154 valence electrons. The first-order chi connectivity index (χ1) is 13.2. The van der Waals surface area contributed by atoms with Gasteiger partial charge >= 0.3 is 0 Å². The number of carbonyl (C=O) groups excluding carboxylic acids is 3. The Morgan fingerprint density at radius 2 is 1.68 bits per heavy atom. The van der Waals surface area contributed by atoms with Gasteiger partial charge in [-0.1, -0.05) is 26.0 Å². The molecule has 0 saturated heterocycles. The van der Waals surface area contributed by atoms with Crippen molar-refractivity contribution >= 4 is 23.4 Å². The predicted octanol–water partition coefficient (Wildman–Crippen LogP) is 0.685.